The third-order valence-corrected chi connectivity index (χ3v) is 3.13. The van der Waals surface area contributed by atoms with Crippen LogP contribution in [0.4, 0.5) is 4.79 Å². The average Bonchev–Trinajstić information content (AvgIpc) is 3.19. The lowest BCUT2D eigenvalue weighted by molar-refractivity contribution is -0.144. The third kappa shape index (κ3) is 4.71. The molecule has 0 heterocycles. The van der Waals surface area contributed by atoms with Gasteiger partial charge in [0.05, 0.1) is 12.5 Å². The maximum absolute atomic E-state index is 12.3. The fourth-order valence-electron chi connectivity index (χ4n) is 1.87. The molecule has 1 unspecified atom stereocenters. The van der Waals surface area contributed by atoms with E-state index in [0.717, 1.165) is 12.8 Å². The Morgan fingerprint density at radius 1 is 1.35 bits per heavy atom. The van der Waals surface area contributed by atoms with Crippen LogP contribution in [0.1, 0.15) is 26.7 Å². The van der Waals surface area contributed by atoms with Crippen LogP contribution in [0.5, 0.6) is 0 Å². The van der Waals surface area contributed by atoms with E-state index >= 15 is 0 Å². The number of rotatable bonds is 7. The van der Waals surface area contributed by atoms with E-state index in [4.69, 9.17) is 9.84 Å². The quantitative estimate of drug-likeness (QED) is 0.699. The van der Waals surface area contributed by atoms with Crippen LogP contribution in [0, 0.1) is 5.92 Å². The molecular weight excluding hydrogens is 264 g/mol. The molecule has 1 N–H and O–H groups in total. The zero-order valence-electron chi connectivity index (χ0n) is 12.2. The minimum Gasteiger partial charge on any atom is -0.481 e. The van der Waals surface area contributed by atoms with Crippen molar-refractivity contribution < 1.29 is 24.2 Å². The van der Waals surface area contributed by atoms with Gasteiger partial charge in [-0.05, 0) is 19.8 Å². The first-order valence-electron chi connectivity index (χ1n) is 6.77. The van der Waals surface area contributed by atoms with E-state index in [9.17, 15) is 14.4 Å². The Kier molecular flexibility index (Phi) is 5.79. The molecule has 1 aliphatic carbocycles. The molecule has 114 valence electrons. The lowest BCUT2D eigenvalue weighted by Crippen LogP contribution is -2.47. The van der Waals surface area contributed by atoms with E-state index in [0.29, 0.717) is 0 Å². The predicted octanol–water partition coefficient (Wildman–Crippen LogP) is 0.786. The fraction of sp³-hybridized carbons (Fsp3) is 0.769. The van der Waals surface area contributed by atoms with E-state index in [1.165, 1.54) is 9.80 Å². The Hall–Kier alpha value is -1.79. The van der Waals surface area contributed by atoms with Crippen molar-refractivity contribution in [2.75, 3.05) is 26.7 Å². The van der Waals surface area contributed by atoms with Crippen molar-refractivity contribution in [3.05, 3.63) is 0 Å². The average molecular weight is 286 g/mol. The van der Waals surface area contributed by atoms with Crippen molar-refractivity contribution in [2.45, 2.75) is 32.7 Å². The third-order valence-electron chi connectivity index (χ3n) is 3.13. The van der Waals surface area contributed by atoms with Gasteiger partial charge in [0, 0.05) is 19.6 Å². The van der Waals surface area contributed by atoms with Gasteiger partial charge in [-0.15, -0.1) is 0 Å². The molecule has 1 rings (SSSR count). The molecule has 2 amide bonds. The fourth-order valence-corrected chi connectivity index (χ4v) is 1.87. The molecule has 0 radical (unpaired) electrons. The number of amides is 2. The number of carboxylic acids is 1. The lowest BCUT2D eigenvalue weighted by atomic mass is 10.2. The minimum absolute atomic E-state index is 0.0643. The number of carbonyl (C=O) groups is 3. The van der Waals surface area contributed by atoms with E-state index < -0.39 is 17.9 Å². The van der Waals surface area contributed by atoms with E-state index in [1.807, 2.05) is 0 Å². The maximum Gasteiger partial charge on any atom is 0.325 e. The second-order valence-electron chi connectivity index (χ2n) is 5.07. The summed E-state index contributed by atoms with van der Waals surface area (Å²) in [7, 11) is 1.54. The van der Waals surface area contributed by atoms with Crippen LogP contribution in [-0.2, 0) is 14.3 Å². The van der Waals surface area contributed by atoms with Gasteiger partial charge in [0.15, 0.2) is 0 Å². The monoisotopic (exact) mass is 286 g/mol. The number of hydrogen-bond donors (Lipinski definition) is 1. The summed E-state index contributed by atoms with van der Waals surface area (Å²) >= 11 is 0. The summed E-state index contributed by atoms with van der Waals surface area (Å²) in [6.45, 7) is 3.56. The van der Waals surface area contributed by atoms with E-state index in [1.54, 1.807) is 20.9 Å². The van der Waals surface area contributed by atoms with Gasteiger partial charge in [0.1, 0.15) is 6.54 Å². The molecule has 0 spiro atoms. The number of hydrogen-bond acceptors (Lipinski definition) is 4. The van der Waals surface area contributed by atoms with Gasteiger partial charge in [0.25, 0.3) is 0 Å². The molecule has 0 aromatic heterocycles. The number of urea groups is 1. The van der Waals surface area contributed by atoms with Gasteiger partial charge in [-0.25, -0.2) is 4.79 Å². The summed E-state index contributed by atoms with van der Waals surface area (Å²) < 4.78 is 4.85. The number of nitrogens with zero attached hydrogens (tertiary/aromatic N) is 2. The highest BCUT2D eigenvalue weighted by Gasteiger charge is 2.36. The smallest absolute Gasteiger partial charge is 0.325 e. The van der Waals surface area contributed by atoms with E-state index in [-0.39, 0.29) is 31.8 Å². The number of carboxylic acid groups (broad SMARTS) is 1. The van der Waals surface area contributed by atoms with Crippen molar-refractivity contribution in [3.8, 4) is 0 Å². The molecular formula is C13H22N2O5. The highest BCUT2D eigenvalue weighted by atomic mass is 16.5. The molecule has 7 nitrogen and oxygen atoms in total. The molecule has 7 heteroatoms. The van der Waals surface area contributed by atoms with Crippen LogP contribution in [-0.4, -0.2) is 65.7 Å². The Labute approximate surface area is 118 Å². The Bertz CT molecular complexity index is 381. The van der Waals surface area contributed by atoms with E-state index in [2.05, 4.69) is 0 Å². The molecule has 0 aromatic rings. The van der Waals surface area contributed by atoms with Gasteiger partial charge in [-0.1, -0.05) is 6.92 Å². The van der Waals surface area contributed by atoms with Crippen molar-refractivity contribution in [1.82, 2.24) is 9.80 Å². The molecule has 1 fully saturated rings. The predicted molar refractivity (Wildman–Crippen MR) is 71.2 cm³/mol. The van der Waals surface area contributed by atoms with Crippen LogP contribution in [0.15, 0.2) is 0 Å². The molecule has 0 aromatic carbocycles. The number of ether oxygens (including phenoxy) is 1. The number of aliphatic carboxylic acids is 1. The highest BCUT2D eigenvalue weighted by molar-refractivity contribution is 5.82. The van der Waals surface area contributed by atoms with Gasteiger partial charge >= 0.3 is 18.0 Å². The first kappa shape index (κ1) is 16.3. The molecule has 1 aliphatic rings. The Morgan fingerprint density at radius 2 is 1.95 bits per heavy atom. The Morgan fingerprint density at radius 3 is 2.40 bits per heavy atom. The molecule has 20 heavy (non-hydrogen) atoms. The van der Waals surface area contributed by atoms with Gasteiger partial charge in [-0.3, -0.25) is 9.59 Å². The van der Waals surface area contributed by atoms with Crippen LogP contribution < -0.4 is 0 Å². The minimum atomic E-state index is -0.951. The van der Waals surface area contributed by atoms with Gasteiger partial charge < -0.3 is 19.6 Å². The molecule has 0 saturated heterocycles. The summed E-state index contributed by atoms with van der Waals surface area (Å²) in [6, 6.07) is -0.261. The van der Waals surface area contributed by atoms with Crippen molar-refractivity contribution >= 4 is 18.0 Å². The van der Waals surface area contributed by atoms with Crippen molar-refractivity contribution in [2.24, 2.45) is 5.92 Å². The SMILES string of the molecule is CCOC(=O)CN(C(=O)N(C)CC(C)C(=O)O)C1CC1. The second kappa shape index (κ2) is 7.12. The first-order valence-corrected chi connectivity index (χ1v) is 6.77. The van der Waals surface area contributed by atoms with Crippen LogP contribution >= 0.6 is 0 Å². The largest absolute Gasteiger partial charge is 0.481 e. The zero-order valence-corrected chi connectivity index (χ0v) is 12.2. The zero-order chi connectivity index (χ0) is 15.3. The van der Waals surface area contributed by atoms with Gasteiger partial charge in [0.2, 0.25) is 0 Å². The standard InChI is InChI=1S/C13H22N2O5/c1-4-20-11(16)8-15(10-5-6-10)13(19)14(3)7-9(2)12(17)18/h9-10H,4-8H2,1-3H3,(H,17,18). The topological polar surface area (TPSA) is 87.2 Å². The summed E-state index contributed by atoms with van der Waals surface area (Å²) in [5.74, 6) is -2.03. The van der Waals surface area contributed by atoms with Crippen LogP contribution in [0.25, 0.3) is 0 Å². The normalized spacial score (nSPS) is 15.3. The van der Waals surface area contributed by atoms with Crippen LogP contribution in [0.2, 0.25) is 0 Å². The highest BCUT2D eigenvalue weighted by Crippen LogP contribution is 2.27. The number of carbonyl (C=O) groups excluding carboxylic acids is 2. The summed E-state index contributed by atoms with van der Waals surface area (Å²) in [5.41, 5.74) is 0. The second-order valence-corrected chi connectivity index (χ2v) is 5.07. The summed E-state index contributed by atoms with van der Waals surface area (Å²) in [5, 5.41) is 8.86. The Balaban J connectivity index is 2.59. The maximum atomic E-state index is 12.3. The molecule has 1 atom stereocenters. The number of esters is 1. The molecule has 1 saturated carbocycles. The van der Waals surface area contributed by atoms with Crippen LogP contribution in [0.3, 0.4) is 0 Å². The molecule has 0 aliphatic heterocycles. The lowest BCUT2D eigenvalue weighted by Gasteiger charge is -2.28. The molecule has 0 bridgehead atoms. The summed E-state index contributed by atoms with van der Waals surface area (Å²) in [4.78, 5) is 37.4. The van der Waals surface area contributed by atoms with Crippen molar-refractivity contribution in [1.29, 1.82) is 0 Å². The van der Waals surface area contributed by atoms with Gasteiger partial charge in [-0.2, -0.15) is 0 Å². The van der Waals surface area contributed by atoms with Crippen molar-refractivity contribution in [3.63, 3.8) is 0 Å². The summed E-state index contributed by atoms with van der Waals surface area (Å²) in [6.07, 6.45) is 1.74. The first-order chi connectivity index (χ1) is 9.36.